The fourth-order valence-corrected chi connectivity index (χ4v) is 4.50. The van der Waals surface area contributed by atoms with Crippen LogP contribution in [-0.2, 0) is 16.1 Å². The molecular formula is C17H27N5O3. The van der Waals surface area contributed by atoms with Gasteiger partial charge < -0.3 is 14.9 Å². The monoisotopic (exact) mass is 349 g/mol. The quantitative estimate of drug-likeness (QED) is 0.824. The molecule has 0 radical (unpaired) electrons. The molecule has 1 aromatic heterocycles. The predicted octanol–water partition coefficient (Wildman–Crippen LogP) is 0.279. The SMILES string of the molecule is CC(=O)N1[C@H]2CCN(C(=O)CCCn3cncn3)C[C@@H]2C[C@]1(C)CO. The molecule has 1 N–H and O–H groups in total. The van der Waals surface area contributed by atoms with Crippen molar-refractivity contribution in [2.45, 2.75) is 57.7 Å². The summed E-state index contributed by atoms with van der Waals surface area (Å²) in [6.07, 6.45) is 5.91. The van der Waals surface area contributed by atoms with Gasteiger partial charge in [-0.25, -0.2) is 4.98 Å². The molecule has 2 amide bonds. The minimum absolute atomic E-state index is 0.0108. The van der Waals surface area contributed by atoms with Crippen LogP contribution in [0.5, 0.6) is 0 Å². The van der Waals surface area contributed by atoms with Crippen molar-refractivity contribution in [1.82, 2.24) is 24.6 Å². The molecule has 2 fully saturated rings. The first-order chi connectivity index (χ1) is 11.9. The van der Waals surface area contributed by atoms with Gasteiger partial charge in [-0.05, 0) is 32.1 Å². The van der Waals surface area contributed by atoms with E-state index in [0.717, 1.165) is 19.3 Å². The van der Waals surface area contributed by atoms with Crippen LogP contribution in [0.25, 0.3) is 0 Å². The molecule has 8 heteroatoms. The number of aliphatic hydroxyl groups is 1. The number of nitrogens with zero attached hydrogens (tertiary/aromatic N) is 5. The van der Waals surface area contributed by atoms with Crippen molar-refractivity contribution in [3.05, 3.63) is 12.7 Å². The molecule has 3 atom stereocenters. The average Bonchev–Trinajstić information content (AvgIpc) is 3.19. The van der Waals surface area contributed by atoms with E-state index in [0.29, 0.717) is 26.1 Å². The Morgan fingerprint density at radius 3 is 2.84 bits per heavy atom. The molecule has 0 aliphatic carbocycles. The summed E-state index contributed by atoms with van der Waals surface area (Å²) < 4.78 is 1.73. The van der Waals surface area contributed by atoms with Gasteiger partial charge in [0.05, 0.1) is 12.1 Å². The summed E-state index contributed by atoms with van der Waals surface area (Å²) in [6.45, 7) is 5.51. The second kappa shape index (κ2) is 7.11. The topological polar surface area (TPSA) is 91.6 Å². The first-order valence-electron chi connectivity index (χ1n) is 8.95. The van der Waals surface area contributed by atoms with E-state index < -0.39 is 5.54 Å². The van der Waals surface area contributed by atoms with Crippen LogP contribution in [0.1, 0.15) is 39.5 Å². The number of hydrogen-bond donors (Lipinski definition) is 1. The Balaban J connectivity index is 1.56. The summed E-state index contributed by atoms with van der Waals surface area (Å²) in [6, 6.07) is 0.133. The van der Waals surface area contributed by atoms with E-state index in [9.17, 15) is 14.7 Å². The van der Waals surface area contributed by atoms with Gasteiger partial charge in [0.15, 0.2) is 0 Å². The summed E-state index contributed by atoms with van der Waals surface area (Å²) in [7, 11) is 0. The van der Waals surface area contributed by atoms with Crippen molar-refractivity contribution in [2.75, 3.05) is 19.7 Å². The lowest BCUT2D eigenvalue weighted by Gasteiger charge is -2.40. The zero-order valence-corrected chi connectivity index (χ0v) is 15.0. The fourth-order valence-electron chi connectivity index (χ4n) is 4.50. The predicted molar refractivity (Wildman–Crippen MR) is 90.4 cm³/mol. The number of piperidine rings is 1. The van der Waals surface area contributed by atoms with E-state index >= 15 is 0 Å². The Bertz CT molecular complexity index is 620. The minimum Gasteiger partial charge on any atom is -0.394 e. The zero-order valence-electron chi connectivity index (χ0n) is 15.0. The van der Waals surface area contributed by atoms with Gasteiger partial charge in [-0.3, -0.25) is 14.3 Å². The van der Waals surface area contributed by atoms with Crippen molar-refractivity contribution >= 4 is 11.8 Å². The molecule has 2 saturated heterocycles. The molecule has 2 aliphatic rings. The van der Waals surface area contributed by atoms with E-state index in [4.69, 9.17) is 0 Å². The molecule has 3 heterocycles. The van der Waals surface area contributed by atoms with E-state index in [-0.39, 0.29) is 30.4 Å². The lowest BCUT2D eigenvalue weighted by molar-refractivity contribution is -0.138. The molecule has 0 aromatic carbocycles. The number of aliphatic hydroxyl groups excluding tert-OH is 1. The first kappa shape index (κ1) is 17.8. The van der Waals surface area contributed by atoms with Crippen LogP contribution in [0.2, 0.25) is 0 Å². The second-order valence-electron chi connectivity index (χ2n) is 7.47. The first-order valence-corrected chi connectivity index (χ1v) is 8.95. The number of hydrogen-bond acceptors (Lipinski definition) is 5. The molecule has 138 valence electrons. The van der Waals surface area contributed by atoms with E-state index in [1.807, 2.05) is 16.7 Å². The molecular weight excluding hydrogens is 322 g/mol. The van der Waals surface area contributed by atoms with Crippen molar-refractivity contribution in [3.63, 3.8) is 0 Å². The molecule has 0 spiro atoms. The summed E-state index contributed by atoms with van der Waals surface area (Å²) >= 11 is 0. The van der Waals surface area contributed by atoms with Gasteiger partial charge in [-0.15, -0.1) is 0 Å². The average molecular weight is 349 g/mol. The van der Waals surface area contributed by atoms with Gasteiger partial charge in [0.25, 0.3) is 0 Å². The Kier molecular flexibility index (Phi) is 5.08. The molecule has 1 aromatic rings. The van der Waals surface area contributed by atoms with Crippen LogP contribution in [0.15, 0.2) is 12.7 Å². The molecule has 3 rings (SSSR count). The second-order valence-corrected chi connectivity index (χ2v) is 7.47. The maximum Gasteiger partial charge on any atom is 0.222 e. The third-order valence-corrected chi connectivity index (χ3v) is 5.59. The van der Waals surface area contributed by atoms with Crippen LogP contribution in [-0.4, -0.2) is 72.8 Å². The van der Waals surface area contributed by atoms with Crippen LogP contribution < -0.4 is 0 Å². The standard InChI is InChI=1S/C17H27N5O3/c1-13(24)22-15-5-7-20(9-14(15)8-17(22,2)10-23)16(25)4-3-6-21-12-18-11-19-21/h11-12,14-15,23H,3-10H2,1-2H3/t14-,15-,17+/m0/s1. The number of likely N-dealkylation sites (tertiary alicyclic amines) is 2. The van der Waals surface area contributed by atoms with Crippen LogP contribution in [0.4, 0.5) is 0 Å². The van der Waals surface area contributed by atoms with Crippen molar-refractivity contribution in [1.29, 1.82) is 0 Å². The summed E-state index contributed by atoms with van der Waals surface area (Å²) in [5.41, 5.74) is -0.507. The molecule has 0 saturated carbocycles. The highest BCUT2D eigenvalue weighted by atomic mass is 16.3. The third kappa shape index (κ3) is 3.53. The van der Waals surface area contributed by atoms with Crippen molar-refractivity contribution in [3.8, 4) is 0 Å². The number of rotatable bonds is 5. The highest BCUT2D eigenvalue weighted by molar-refractivity contribution is 5.77. The molecule has 0 bridgehead atoms. The van der Waals surface area contributed by atoms with E-state index in [2.05, 4.69) is 10.1 Å². The fraction of sp³-hybridized carbons (Fsp3) is 0.765. The number of aromatic nitrogens is 3. The Morgan fingerprint density at radius 2 is 2.20 bits per heavy atom. The molecule has 8 nitrogen and oxygen atoms in total. The van der Waals surface area contributed by atoms with Gasteiger partial charge in [0, 0.05) is 39.0 Å². The van der Waals surface area contributed by atoms with Crippen molar-refractivity contribution < 1.29 is 14.7 Å². The molecule has 0 unspecified atom stereocenters. The Labute approximate surface area is 147 Å². The van der Waals surface area contributed by atoms with Gasteiger partial charge in [0.2, 0.25) is 11.8 Å². The van der Waals surface area contributed by atoms with Gasteiger partial charge in [-0.1, -0.05) is 0 Å². The van der Waals surface area contributed by atoms with Crippen LogP contribution in [0, 0.1) is 5.92 Å². The van der Waals surface area contributed by atoms with Gasteiger partial charge in [0.1, 0.15) is 12.7 Å². The largest absolute Gasteiger partial charge is 0.394 e. The highest BCUT2D eigenvalue weighted by Crippen LogP contribution is 2.42. The molecule has 25 heavy (non-hydrogen) atoms. The summed E-state index contributed by atoms with van der Waals surface area (Å²) in [4.78, 5) is 32.2. The zero-order chi connectivity index (χ0) is 18.0. The van der Waals surface area contributed by atoms with Gasteiger partial charge in [-0.2, -0.15) is 5.10 Å². The smallest absolute Gasteiger partial charge is 0.222 e. The number of aryl methyl sites for hydroxylation is 1. The summed E-state index contributed by atoms with van der Waals surface area (Å²) in [5.74, 6) is 0.413. The van der Waals surface area contributed by atoms with Gasteiger partial charge >= 0.3 is 0 Å². The number of amides is 2. The lowest BCUT2D eigenvalue weighted by Crippen LogP contribution is -2.53. The minimum atomic E-state index is -0.507. The number of carbonyl (C=O) groups is 2. The normalized spacial score (nSPS) is 28.9. The summed E-state index contributed by atoms with van der Waals surface area (Å²) in [5, 5.41) is 13.8. The molecule has 2 aliphatic heterocycles. The number of carbonyl (C=O) groups excluding carboxylic acids is 2. The van der Waals surface area contributed by atoms with Crippen LogP contribution in [0.3, 0.4) is 0 Å². The Morgan fingerprint density at radius 1 is 1.40 bits per heavy atom. The van der Waals surface area contributed by atoms with Crippen LogP contribution >= 0.6 is 0 Å². The van der Waals surface area contributed by atoms with E-state index in [1.165, 1.54) is 6.33 Å². The highest BCUT2D eigenvalue weighted by Gasteiger charge is 2.51. The van der Waals surface area contributed by atoms with E-state index in [1.54, 1.807) is 17.9 Å². The maximum absolute atomic E-state index is 12.5. The number of fused-ring (bicyclic) bond motifs is 1. The Hall–Kier alpha value is -1.96. The van der Waals surface area contributed by atoms with Crippen molar-refractivity contribution in [2.24, 2.45) is 5.92 Å². The maximum atomic E-state index is 12.5. The third-order valence-electron chi connectivity index (χ3n) is 5.59. The lowest BCUT2D eigenvalue weighted by atomic mass is 9.89.